The van der Waals surface area contributed by atoms with Crippen molar-refractivity contribution in [2.24, 2.45) is 5.41 Å². The Bertz CT molecular complexity index is 565. The Morgan fingerprint density at radius 3 is 2.58 bits per heavy atom. The van der Waals surface area contributed by atoms with Crippen LogP contribution in [0.3, 0.4) is 0 Å². The van der Waals surface area contributed by atoms with Crippen LogP contribution >= 0.6 is 0 Å². The van der Waals surface area contributed by atoms with Gasteiger partial charge >= 0.3 is 0 Å². The maximum atomic E-state index is 11.8. The fourth-order valence-corrected chi connectivity index (χ4v) is 2.84. The number of hydrogen-bond acceptors (Lipinski definition) is 4. The highest BCUT2D eigenvalue weighted by atomic mass is 32.2. The van der Waals surface area contributed by atoms with E-state index in [1.54, 1.807) is 12.1 Å². The molecule has 1 aromatic rings. The smallest absolute Gasteiger partial charge is 0.240 e. The predicted octanol–water partition coefficient (Wildman–Crippen LogP) is 1.78. The number of nitrogens with one attached hydrogen (secondary N) is 2. The lowest BCUT2D eigenvalue weighted by molar-refractivity contribution is 0.521. The van der Waals surface area contributed by atoms with Gasteiger partial charge in [0.1, 0.15) is 0 Å². The molecule has 0 radical (unpaired) electrons. The van der Waals surface area contributed by atoms with Crippen molar-refractivity contribution in [2.45, 2.75) is 31.1 Å². The topological polar surface area (TPSA) is 84.2 Å². The van der Waals surface area contributed by atoms with E-state index in [1.807, 2.05) is 0 Å². The first-order chi connectivity index (χ1) is 8.92. The Balaban J connectivity index is 2.18. The fraction of sp³-hybridized carbons (Fsp3) is 0.538. The molecule has 0 amide bonds. The van der Waals surface area contributed by atoms with Gasteiger partial charge in [-0.1, -0.05) is 6.92 Å². The molecule has 19 heavy (non-hydrogen) atoms. The highest BCUT2D eigenvalue weighted by Gasteiger charge is 2.40. The van der Waals surface area contributed by atoms with Crippen molar-refractivity contribution in [3.05, 3.63) is 18.2 Å². The van der Waals surface area contributed by atoms with E-state index in [4.69, 9.17) is 5.73 Å². The number of benzene rings is 1. The van der Waals surface area contributed by atoms with Crippen LogP contribution in [0.4, 0.5) is 11.4 Å². The molecule has 0 bridgehead atoms. The number of nitrogens with two attached hydrogens (primary N) is 1. The van der Waals surface area contributed by atoms with Gasteiger partial charge in [0.2, 0.25) is 10.0 Å². The zero-order chi connectivity index (χ0) is 14.1. The third-order valence-corrected chi connectivity index (χ3v) is 5.38. The second kappa shape index (κ2) is 5.02. The molecule has 1 aliphatic carbocycles. The molecule has 0 aliphatic heterocycles. The van der Waals surface area contributed by atoms with Crippen LogP contribution in [0.25, 0.3) is 0 Å². The predicted molar refractivity (Wildman–Crippen MR) is 77.5 cm³/mol. The van der Waals surface area contributed by atoms with Crippen LogP contribution in [0.2, 0.25) is 0 Å². The van der Waals surface area contributed by atoms with E-state index in [1.165, 1.54) is 26.0 Å². The molecule has 0 aromatic heterocycles. The zero-order valence-electron chi connectivity index (χ0n) is 11.4. The molecule has 0 unspecified atom stereocenters. The van der Waals surface area contributed by atoms with Crippen LogP contribution in [0, 0.1) is 5.41 Å². The van der Waals surface area contributed by atoms with Gasteiger partial charge in [0, 0.05) is 6.54 Å². The Morgan fingerprint density at radius 2 is 2.05 bits per heavy atom. The summed E-state index contributed by atoms with van der Waals surface area (Å²) in [7, 11) is -2.03. The summed E-state index contributed by atoms with van der Waals surface area (Å²) in [5.41, 5.74) is 7.53. The monoisotopic (exact) mass is 283 g/mol. The second-order valence-electron chi connectivity index (χ2n) is 5.16. The van der Waals surface area contributed by atoms with Gasteiger partial charge in [-0.25, -0.2) is 13.1 Å². The third-order valence-electron chi connectivity index (χ3n) is 3.96. The van der Waals surface area contributed by atoms with Crippen molar-refractivity contribution < 1.29 is 8.42 Å². The average molecular weight is 283 g/mol. The van der Waals surface area contributed by atoms with Crippen molar-refractivity contribution in [3.63, 3.8) is 0 Å². The number of nitrogen functional groups attached to an aromatic ring is 1. The Morgan fingerprint density at radius 1 is 1.37 bits per heavy atom. The summed E-state index contributed by atoms with van der Waals surface area (Å²) in [6.07, 6.45) is 3.59. The number of sulfonamides is 1. The lowest BCUT2D eigenvalue weighted by Crippen LogP contribution is -2.19. The molecule has 5 nitrogen and oxygen atoms in total. The Kier molecular flexibility index (Phi) is 3.73. The zero-order valence-corrected chi connectivity index (χ0v) is 12.2. The van der Waals surface area contributed by atoms with Gasteiger partial charge in [0.15, 0.2) is 0 Å². The maximum Gasteiger partial charge on any atom is 0.240 e. The molecule has 1 fully saturated rings. The van der Waals surface area contributed by atoms with E-state index >= 15 is 0 Å². The number of anilines is 2. The van der Waals surface area contributed by atoms with Crippen molar-refractivity contribution >= 4 is 21.4 Å². The molecular formula is C13H21N3O2S. The van der Waals surface area contributed by atoms with Crippen molar-refractivity contribution in [1.29, 1.82) is 0 Å². The molecule has 1 saturated carbocycles. The quantitative estimate of drug-likeness (QED) is 0.695. The first-order valence-corrected chi connectivity index (χ1v) is 7.98. The van der Waals surface area contributed by atoms with Crippen LogP contribution in [-0.4, -0.2) is 22.0 Å². The second-order valence-corrected chi connectivity index (χ2v) is 7.05. The van der Waals surface area contributed by atoms with E-state index in [9.17, 15) is 8.42 Å². The molecule has 1 aromatic carbocycles. The molecule has 6 heteroatoms. The average Bonchev–Trinajstić information content (AvgIpc) is 3.18. The molecule has 0 saturated heterocycles. The van der Waals surface area contributed by atoms with Crippen molar-refractivity contribution in [2.75, 3.05) is 24.6 Å². The molecular weight excluding hydrogens is 262 g/mol. The number of hydrogen-bond donors (Lipinski definition) is 3. The minimum atomic E-state index is -3.43. The van der Waals surface area contributed by atoms with E-state index < -0.39 is 10.0 Å². The minimum absolute atomic E-state index is 0.230. The SMILES string of the molecule is CCC1(CNc2cc(S(=O)(=O)NC)ccc2N)CC1. The summed E-state index contributed by atoms with van der Waals surface area (Å²) < 4.78 is 25.8. The van der Waals surface area contributed by atoms with Gasteiger partial charge in [-0.15, -0.1) is 0 Å². The Labute approximate surface area is 114 Å². The lowest BCUT2D eigenvalue weighted by Gasteiger charge is -2.16. The molecule has 106 valence electrons. The van der Waals surface area contributed by atoms with Crippen LogP contribution in [-0.2, 0) is 10.0 Å². The van der Waals surface area contributed by atoms with Gasteiger partial charge in [-0.05, 0) is 49.9 Å². The summed E-state index contributed by atoms with van der Waals surface area (Å²) in [6, 6.07) is 4.73. The highest BCUT2D eigenvalue weighted by molar-refractivity contribution is 7.89. The Hall–Kier alpha value is -1.27. The molecule has 0 atom stereocenters. The summed E-state index contributed by atoms with van der Waals surface area (Å²) in [6.45, 7) is 3.02. The first-order valence-electron chi connectivity index (χ1n) is 6.49. The normalized spacial score (nSPS) is 17.2. The molecule has 0 heterocycles. The van der Waals surface area contributed by atoms with E-state index in [0.717, 1.165) is 13.0 Å². The lowest BCUT2D eigenvalue weighted by atomic mass is 10.0. The van der Waals surface area contributed by atoms with Crippen LogP contribution < -0.4 is 15.8 Å². The highest BCUT2D eigenvalue weighted by Crippen LogP contribution is 2.48. The van der Waals surface area contributed by atoms with Crippen LogP contribution in [0.5, 0.6) is 0 Å². The van der Waals surface area contributed by atoms with Crippen molar-refractivity contribution in [3.8, 4) is 0 Å². The largest absolute Gasteiger partial charge is 0.397 e. The van der Waals surface area contributed by atoms with Gasteiger partial charge in [0.05, 0.1) is 16.3 Å². The maximum absolute atomic E-state index is 11.8. The van der Waals surface area contributed by atoms with E-state index in [0.29, 0.717) is 16.8 Å². The molecule has 0 spiro atoms. The number of rotatable bonds is 6. The van der Waals surface area contributed by atoms with E-state index in [-0.39, 0.29) is 4.90 Å². The van der Waals surface area contributed by atoms with Crippen LogP contribution in [0.1, 0.15) is 26.2 Å². The van der Waals surface area contributed by atoms with Crippen molar-refractivity contribution in [1.82, 2.24) is 4.72 Å². The summed E-state index contributed by atoms with van der Waals surface area (Å²) in [5.74, 6) is 0. The van der Waals surface area contributed by atoms with Gasteiger partial charge in [-0.3, -0.25) is 0 Å². The van der Waals surface area contributed by atoms with Gasteiger partial charge in [-0.2, -0.15) is 0 Å². The van der Waals surface area contributed by atoms with E-state index in [2.05, 4.69) is 17.0 Å². The van der Waals surface area contributed by atoms with Crippen LogP contribution in [0.15, 0.2) is 23.1 Å². The summed E-state index contributed by atoms with van der Waals surface area (Å²) in [4.78, 5) is 0.230. The molecule has 1 aliphatic rings. The fourth-order valence-electron chi connectivity index (χ4n) is 2.09. The summed E-state index contributed by atoms with van der Waals surface area (Å²) >= 11 is 0. The molecule has 2 rings (SSSR count). The summed E-state index contributed by atoms with van der Waals surface area (Å²) in [5, 5.41) is 3.29. The van der Waals surface area contributed by atoms with Gasteiger partial charge < -0.3 is 11.1 Å². The third kappa shape index (κ3) is 3.01. The molecule has 4 N–H and O–H groups in total. The van der Waals surface area contributed by atoms with Gasteiger partial charge in [0.25, 0.3) is 0 Å². The first kappa shape index (κ1) is 14.1. The standard InChI is InChI=1S/C13H21N3O2S/c1-3-13(6-7-13)9-16-12-8-10(4-5-11(12)14)19(17,18)15-2/h4-5,8,15-16H,3,6-7,9,14H2,1-2H3. The minimum Gasteiger partial charge on any atom is -0.397 e.